The van der Waals surface area contributed by atoms with Crippen molar-refractivity contribution in [2.24, 2.45) is 0 Å². The van der Waals surface area contributed by atoms with E-state index in [1.165, 1.54) is 28.9 Å². The summed E-state index contributed by atoms with van der Waals surface area (Å²) < 4.78 is 0. The molecule has 0 bridgehead atoms. The molecule has 3 rings (SSSR count). The molecule has 0 fully saturated rings. The van der Waals surface area contributed by atoms with Crippen LogP contribution in [0.3, 0.4) is 0 Å². The molecule has 10 heteroatoms. The molecule has 3 aromatic rings. The van der Waals surface area contributed by atoms with Crippen molar-refractivity contribution in [3.63, 3.8) is 0 Å². The van der Waals surface area contributed by atoms with E-state index < -0.39 is 6.10 Å². The van der Waals surface area contributed by atoms with Crippen molar-refractivity contribution < 1.29 is 9.90 Å². The lowest BCUT2D eigenvalue weighted by Crippen LogP contribution is -2.37. The zero-order valence-electron chi connectivity index (χ0n) is 18.6. The average Bonchev–Trinajstić information content (AvgIpc) is 3.28. The van der Waals surface area contributed by atoms with Crippen molar-refractivity contribution in [1.82, 2.24) is 14.9 Å². The Balaban J connectivity index is 1.86. The number of rotatable bonds is 7. The maximum Gasteiger partial charge on any atom is 0.259 e. The van der Waals surface area contributed by atoms with E-state index in [0.29, 0.717) is 39.4 Å². The molecule has 1 unspecified atom stereocenters. The summed E-state index contributed by atoms with van der Waals surface area (Å²) in [6.07, 6.45) is 1.22. The first-order chi connectivity index (χ1) is 14.9. The average molecular weight is 514 g/mol. The number of thiophene rings is 1. The number of pyridine rings is 1. The molecule has 0 aliphatic carbocycles. The van der Waals surface area contributed by atoms with Crippen molar-refractivity contribution in [2.75, 3.05) is 12.4 Å². The zero-order valence-corrected chi connectivity index (χ0v) is 21.7. The number of amides is 1. The fraction of sp³-hybridized carbons (Fsp3) is 0.409. The van der Waals surface area contributed by atoms with Crippen LogP contribution in [0.15, 0.2) is 23.7 Å². The van der Waals surface area contributed by atoms with Gasteiger partial charge in [-0.1, -0.05) is 34.5 Å². The van der Waals surface area contributed by atoms with Crippen LogP contribution >= 0.6 is 45.9 Å². The van der Waals surface area contributed by atoms with Crippen LogP contribution in [0.5, 0.6) is 0 Å². The second-order valence-corrected chi connectivity index (χ2v) is 11.4. The predicted molar refractivity (Wildman–Crippen MR) is 134 cm³/mol. The molecule has 0 radical (unpaired) electrons. The van der Waals surface area contributed by atoms with Gasteiger partial charge in [0.15, 0.2) is 5.13 Å². The molecular formula is C22H26Cl2N4O2S2. The van der Waals surface area contributed by atoms with Gasteiger partial charge in [0.1, 0.15) is 0 Å². The third-order valence-electron chi connectivity index (χ3n) is 4.91. The number of aromatic nitrogens is 2. The van der Waals surface area contributed by atoms with Gasteiger partial charge in [-0.25, -0.2) is 4.98 Å². The molecule has 1 atom stereocenters. The van der Waals surface area contributed by atoms with Gasteiger partial charge in [0.2, 0.25) is 0 Å². The summed E-state index contributed by atoms with van der Waals surface area (Å²) in [7, 11) is 2.06. The molecule has 6 nitrogen and oxygen atoms in total. The highest BCUT2D eigenvalue weighted by atomic mass is 35.5. The lowest BCUT2D eigenvalue weighted by Gasteiger charge is -2.31. The van der Waals surface area contributed by atoms with Crippen LogP contribution in [0.1, 0.15) is 48.6 Å². The van der Waals surface area contributed by atoms with E-state index in [2.05, 4.69) is 43.0 Å². The third kappa shape index (κ3) is 6.27. The first-order valence-corrected chi connectivity index (χ1v) is 12.5. The van der Waals surface area contributed by atoms with Crippen molar-refractivity contribution >= 4 is 56.9 Å². The molecule has 0 aliphatic rings. The summed E-state index contributed by atoms with van der Waals surface area (Å²) in [5.41, 5.74) is 1.68. The Labute approximate surface area is 206 Å². The van der Waals surface area contributed by atoms with Gasteiger partial charge < -0.3 is 5.11 Å². The molecule has 32 heavy (non-hydrogen) atoms. The third-order valence-corrected chi connectivity index (χ3v) is 7.48. The van der Waals surface area contributed by atoms with Gasteiger partial charge in [-0.3, -0.25) is 20.0 Å². The van der Waals surface area contributed by atoms with Crippen LogP contribution in [0.2, 0.25) is 10.0 Å². The van der Waals surface area contributed by atoms with Gasteiger partial charge in [0.25, 0.3) is 5.91 Å². The molecule has 172 valence electrons. The zero-order chi connectivity index (χ0) is 23.6. The maximum absolute atomic E-state index is 12.8. The number of nitrogens with zero attached hydrogens (tertiary/aromatic N) is 3. The highest BCUT2D eigenvalue weighted by molar-refractivity contribution is 7.17. The number of aliphatic hydroxyl groups is 1. The van der Waals surface area contributed by atoms with Crippen LogP contribution in [-0.4, -0.2) is 44.6 Å². The predicted octanol–water partition coefficient (Wildman–Crippen LogP) is 5.98. The lowest BCUT2D eigenvalue weighted by atomic mass is 10.1. The Morgan fingerprint density at radius 2 is 2.03 bits per heavy atom. The van der Waals surface area contributed by atoms with Crippen molar-refractivity contribution in [1.29, 1.82) is 0 Å². The summed E-state index contributed by atoms with van der Waals surface area (Å²) in [5, 5.41) is 15.8. The van der Waals surface area contributed by atoms with Gasteiger partial charge in [0, 0.05) is 35.0 Å². The molecule has 0 aliphatic heterocycles. The van der Waals surface area contributed by atoms with E-state index in [-0.39, 0.29) is 11.4 Å². The standard InChI is InChI=1S/C22H26Cl2N4O2S2/c1-12(29)6-16-15(24)7-13(9-25-16)20(30)27-21-26-19(17-8-14(23)11-31-17)18(32-21)10-28(5)22(2,3)4/h7-9,11-12,29H,6,10H2,1-5H3,(H,26,27,30). The summed E-state index contributed by atoms with van der Waals surface area (Å²) in [5.74, 6) is -0.344. The number of halogens is 2. The van der Waals surface area contributed by atoms with Crippen LogP contribution in [0.4, 0.5) is 5.13 Å². The van der Waals surface area contributed by atoms with Crippen LogP contribution in [0, 0.1) is 0 Å². The number of hydrogen-bond acceptors (Lipinski definition) is 7. The minimum atomic E-state index is -0.566. The SMILES string of the molecule is CC(O)Cc1ncc(C(=O)Nc2nc(-c3cc(Cl)cs3)c(CN(C)C(C)(C)C)s2)cc1Cl. The maximum atomic E-state index is 12.8. The number of hydrogen-bond donors (Lipinski definition) is 2. The minimum Gasteiger partial charge on any atom is -0.393 e. The molecule has 3 aromatic heterocycles. The minimum absolute atomic E-state index is 0.0198. The number of nitrogens with one attached hydrogen (secondary N) is 1. The first-order valence-electron chi connectivity index (χ1n) is 10.0. The Bertz CT molecular complexity index is 1110. The van der Waals surface area contributed by atoms with E-state index >= 15 is 0 Å². The van der Waals surface area contributed by atoms with E-state index in [1.54, 1.807) is 13.0 Å². The Kier molecular flexibility index (Phi) is 7.96. The summed E-state index contributed by atoms with van der Waals surface area (Å²) in [4.78, 5) is 26.0. The van der Waals surface area contributed by atoms with E-state index in [9.17, 15) is 9.90 Å². The van der Waals surface area contributed by atoms with E-state index in [0.717, 1.165) is 15.4 Å². The molecular weight excluding hydrogens is 487 g/mol. The highest BCUT2D eigenvalue weighted by Gasteiger charge is 2.23. The second kappa shape index (κ2) is 10.2. The fourth-order valence-corrected chi connectivity index (χ4v) is 5.21. The van der Waals surface area contributed by atoms with Crippen molar-refractivity contribution in [3.8, 4) is 10.6 Å². The number of aliphatic hydroxyl groups excluding tert-OH is 1. The van der Waals surface area contributed by atoms with Gasteiger partial charge in [0.05, 0.1) is 38.0 Å². The van der Waals surface area contributed by atoms with Gasteiger partial charge in [-0.2, -0.15) is 0 Å². The van der Waals surface area contributed by atoms with Gasteiger partial charge in [-0.15, -0.1) is 11.3 Å². The monoisotopic (exact) mass is 512 g/mol. The van der Waals surface area contributed by atoms with Crippen LogP contribution < -0.4 is 5.32 Å². The quantitative estimate of drug-likeness (QED) is 0.407. The normalized spacial score (nSPS) is 12.9. The van der Waals surface area contributed by atoms with E-state index in [1.807, 2.05) is 11.4 Å². The highest BCUT2D eigenvalue weighted by Crippen LogP contribution is 2.37. The van der Waals surface area contributed by atoms with Crippen LogP contribution in [0.25, 0.3) is 10.6 Å². The fourth-order valence-electron chi connectivity index (χ4n) is 2.78. The molecule has 1 amide bonds. The topological polar surface area (TPSA) is 78.4 Å². The van der Waals surface area contributed by atoms with Gasteiger partial charge >= 0.3 is 0 Å². The molecule has 0 saturated carbocycles. The van der Waals surface area contributed by atoms with Crippen LogP contribution in [-0.2, 0) is 13.0 Å². The number of carbonyl (C=O) groups excluding carboxylic acids is 1. The summed E-state index contributed by atoms with van der Waals surface area (Å²) in [6.45, 7) is 8.79. The number of thiazole rings is 1. The largest absolute Gasteiger partial charge is 0.393 e. The molecule has 2 N–H and O–H groups in total. The molecule has 0 aromatic carbocycles. The molecule has 0 saturated heterocycles. The second-order valence-electron chi connectivity index (χ2n) is 8.61. The Morgan fingerprint density at radius 3 is 2.59 bits per heavy atom. The van der Waals surface area contributed by atoms with Crippen molar-refractivity contribution in [2.45, 2.75) is 52.3 Å². The molecule has 0 spiro atoms. The summed E-state index contributed by atoms with van der Waals surface area (Å²) >= 11 is 15.4. The smallest absolute Gasteiger partial charge is 0.259 e. The first kappa shape index (κ1) is 25.1. The summed E-state index contributed by atoms with van der Waals surface area (Å²) in [6, 6.07) is 3.45. The van der Waals surface area contributed by atoms with Gasteiger partial charge in [-0.05, 0) is 46.9 Å². The van der Waals surface area contributed by atoms with E-state index in [4.69, 9.17) is 28.2 Å². The number of anilines is 1. The molecule has 3 heterocycles. The van der Waals surface area contributed by atoms with Crippen molar-refractivity contribution in [3.05, 3.63) is 49.9 Å². The lowest BCUT2D eigenvalue weighted by molar-refractivity contribution is 0.102. The Hall–Kier alpha value is -1.55. The Morgan fingerprint density at radius 1 is 1.31 bits per heavy atom. The number of carbonyl (C=O) groups is 1.